The zero-order valence-electron chi connectivity index (χ0n) is 13.5. The molecule has 1 aromatic heterocycles. The smallest absolute Gasteiger partial charge is 0.252 e. The quantitative estimate of drug-likeness (QED) is 0.852. The number of carbonyl (C=O) groups excluding carboxylic acids is 1. The lowest BCUT2D eigenvalue weighted by atomic mass is 10.0. The average molecular weight is 313 g/mol. The van der Waals surface area contributed by atoms with E-state index in [9.17, 15) is 4.79 Å². The summed E-state index contributed by atoms with van der Waals surface area (Å²) in [6, 6.07) is 11.3. The molecule has 0 saturated carbocycles. The summed E-state index contributed by atoms with van der Waals surface area (Å²) in [6.45, 7) is 4.13. The van der Waals surface area contributed by atoms with Gasteiger partial charge in [-0.1, -0.05) is 30.3 Å². The molecule has 2 heterocycles. The van der Waals surface area contributed by atoms with Crippen LogP contribution in [0.3, 0.4) is 0 Å². The van der Waals surface area contributed by atoms with Crippen molar-refractivity contribution in [2.45, 2.75) is 31.9 Å². The summed E-state index contributed by atoms with van der Waals surface area (Å²) in [7, 11) is 0. The standard InChI is InChI=1S/C18H23N3O2/c1-2-23-16-10-6-12-20(14-16)18(22)17(21-13-7-11-19-21)15-8-4-3-5-9-15/h3-5,7-9,11,13,16-17H,2,6,10,12,14H2,1H3/t16-,17+/m0/s1. The number of benzene rings is 1. The van der Waals surface area contributed by atoms with E-state index in [0.717, 1.165) is 24.9 Å². The fourth-order valence-electron chi connectivity index (χ4n) is 3.16. The number of aromatic nitrogens is 2. The molecule has 0 unspecified atom stereocenters. The summed E-state index contributed by atoms with van der Waals surface area (Å²) in [4.78, 5) is 15.1. The highest BCUT2D eigenvalue weighted by Crippen LogP contribution is 2.23. The van der Waals surface area contributed by atoms with Gasteiger partial charge in [0.15, 0.2) is 6.04 Å². The van der Waals surface area contributed by atoms with Gasteiger partial charge in [-0.05, 0) is 31.4 Å². The van der Waals surface area contributed by atoms with E-state index >= 15 is 0 Å². The molecular formula is C18H23N3O2. The van der Waals surface area contributed by atoms with Crippen LogP contribution in [-0.4, -0.2) is 46.4 Å². The molecule has 3 rings (SSSR count). The Labute approximate surface area is 136 Å². The van der Waals surface area contributed by atoms with Crippen molar-refractivity contribution in [3.63, 3.8) is 0 Å². The van der Waals surface area contributed by atoms with E-state index in [-0.39, 0.29) is 12.0 Å². The van der Waals surface area contributed by atoms with Crippen LogP contribution in [-0.2, 0) is 9.53 Å². The Morgan fingerprint density at radius 3 is 2.87 bits per heavy atom. The van der Waals surface area contributed by atoms with E-state index < -0.39 is 6.04 Å². The molecule has 0 aliphatic carbocycles. The molecule has 0 radical (unpaired) electrons. The number of rotatable bonds is 5. The monoisotopic (exact) mass is 313 g/mol. The normalized spacial score (nSPS) is 19.5. The van der Waals surface area contributed by atoms with E-state index in [1.54, 1.807) is 10.9 Å². The first-order chi connectivity index (χ1) is 11.3. The van der Waals surface area contributed by atoms with Crippen molar-refractivity contribution in [1.29, 1.82) is 0 Å². The summed E-state index contributed by atoms with van der Waals surface area (Å²) in [5.74, 6) is 0.0873. The number of carbonyl (C=O) groups is 1. The highest BCUT2D eigenvalue weighted by Gasteiger charge is 2.31. The fraction of sp³-hybridized carbons (Fsp3) is 0.444. The molecule has 1 aliphatic rings. The minimum Gasteiger partial charge on any atom is -0.377 e. The van der Waals surface area contributed by atoms with E-state index in [0.29, 0.717) is 13.2 Å². The van der Waals surface area contributed by atoms with Crippen LogP contribution in [0.1, 0.15) is 31.4 Å². The first-order valence-corrected chi connectivity index (χ1v) is 8.24. The maximum absolute atomic E-state index is 13.2. The van der Waals surface area contributed by atoms with Crippen LogP contribution in [0.15, 0.2) is 48.8 Å². The van der Waals surface area contributed by atoms with Crippen LogP contribution >= 0.6 is 0 Å². The van der Waals surface area contributed by atoms with Gasteiger partial charge in [0.05, 0.1) is 6.10 Å². The predicted molar refractivity (Wildman–Crippen MR) is 88.0 cm³/mol. The molecule has 0 bridgehead atoms. The van der Waals surface area contributed by atoms with Crippen LogP contribution in [0, 0.1) is 0 Å². The van der Waals surface area contributed by atoms with Gasteiger partial charge < -0.3 is 9.64 Å². The zero-order valence-corrected chi connectivity index (χ0v) is 13.5. The maximum Gasteiger partial charge on any atom is 0.252 e. The molecule has 0 spiro atoms. The first-order valence-electron chi connectivity index (χ1n) is 8.24. The van der Waals surface area contributed by atoms with E-state index in [1.807, 2.05) is 54.4 Å². The molecule has 5 nitrogen and oxygen atoms in total. The number of hydrogen-bond acceptors (Lipinski definition) is 3. The Bertz CT molecular complexity index is 610. The molecule has 2 aromatic rings. The fourth-order valence-corrected chi connectivity index (χ4v) is 3.16. The van der Waals surface area contributed by atoms with Gasteiger partial charge in [-0.25, -0.2) is 0 Å². The second kappa shape index (κ2) is 7.42. The molecule has 2 atom stereocenters. The SMILES string of the molecule is CCO[C@H]1CCCN(C(=O)[C@@H](c2ccccc2)n2cccn2)C1. The van der Waals surface area contributed by atoms with Gasteiger partial charge >= 0.3 is 0 Å². The van der Waals surface area contributed by atoms with Crippen LogP contribution in [0.5, 0.6) is 0 Å². The average Bonchev–Trinajstić information content (AvgIpc) is 3.11. The van der Waals surface area contributed by atoms with Gasteiger partial charge in [0.25, 0.3) is 5.91 Å². The number of hydrogen-bond donors (Lipinski definition) is 0. The third kappa shape index (κ3) is 3.62. The minimum absolute atomic E-state index is 0.0873. The largest absolute Gasteiger partial charge is 0.377 e. The topological polar surface area (TPSA) is 47.4 Å². The van der Waals surface area contributed by atoms with Crippen molar-refractivity contribution >= 4 is 5.91 Å². The van der Waals surface area contributed by atoms with Crippen LogP contribution in [0.4, 0.5) is 0 Å². The Hall–Kier alpha value is -2.14. The number of ether oxygens (including phenoxy) is 1. The number of likely N-dealkylation sites (tertiary alicyclic amines) is 1. The molecular weight excluding hydrogens is 290 g/mol. The van der Waals surface area contributed by atoms with Crippen molar-refractivity contribution in [3.05, 3.63) is 54.4 Å². The molecule has 1 aliphatic heterocycles. The van der Waals surface area contributed by atoms with Gasteiger partial charge in [0, 0.05) is 32.1 Å². The minimum atomic E-state index is -0.411. The Kier molecular flexibility index (Phi) is 5.08. The van der Waals surface area contributed by atoms with Crippen molar-refractivity contribution in [3.8, 4) is 0 Å². The van der Waals surface area contributed by atoms with E-state index in [2.05, 4.69) is 5.10 Å². The Morgan fingerprint density at radius 2 is 2.17 bits per heavy atom. The Balaban J connectivity index is 1.83. The zero-order chi connectivity index (χ0) is 16.1. The summed E-state index contributed by atoms with van der Waals surface area (Å²) in [5, 5.41) is 4.30. The van der Waals surface area contributed by atoms with Crippen molar-refractivity contribution < 1.29 is 9.53 Å². The second-order valence-electron chi connectivity index (χ2n) is 5.80. The molecule has 1 aromatic carbocycles. The lowest BCUT2D eigenvalue weighted by Gasteiger charge is -2.34. The summed E-state index contributed by atoms with van der Waals surface area (Å²) in [6.07, 6.45) is 5.71. The lowest BCUT2D eigenvalue weighted by molar-refractivity contribution is -0.137. The van der Waals surface area contributed by atoms with Gasteiger partial charge in [0.1, 0.15) is 0 Å². The van der Waals surface area contributed by atoms with Crippen LogP contribution < -0.4 is 0 Å². The summed E-state index contributed by atoms with van der Waals surface area (Å²) >= 11 is 0. The molecule has 1 fully saturated rings. The number of amides is 1. The number of nitrogens with zero attached hydrogens (tertiary/aromatic N) is 3. The maximum atomic E-state index is 13.2. The second-order valence-corrected chi connectivity index (χ2v) is 5.80. The summed E-state index contributed by atoms with van der Waals surface area (Å²) < 4.78 is 7.46. The van der Waals surface area contributed by atoms with Crippen LogP contribution in [0.25, 0.3) is 0 Å². The number of piperidine rings is 1. The van der Waals surface area contributed by atoms with Crippen molar-refractivity contribution in [2.24, 2.45) is 0 Å². The molecule has 5 heteroatoms. The van der Waals surface area contributed by atoms with Crippen molar-refractivity contribution in [2.75, 3.05) is 19.7 Å². The molecule has 0 N–H and O–H groups in total. The lowest BCUT2D eigenvalue weighted by Crippen LogP contribution is -2.46. The van der Waals surface area contributed by atoms with Gasteiger partial charge in [-0.2, -0.15) is 5.10 Å². The predicted octanol–water partition coefficient (Wildman–Crippen LogP) is 2.50. The first kappa shape index (κ1) is 15.7. The van der Waals surface area contributed by atoms with Crippen LogP contribution in [0.2, 0.25) is 0 Å². The van der Waals surface area contributed by atoms with Gasteiger partial charge in [-0.3, -0.25) is 9.48 Å². The highest BCUT2D eigenvalue weighted by atomic mass is 16.5. The Morgan fingerprint density at radius 1 is 1.35 bits per heavy atom. The molecule has 23 heavy (non-hydrogen) atoms. The van der Waals surface area contributed by atoms with Crippen molar-refractivity contribution in [1.82, 2.24) is 14.7 Å². The van der Waals surface area contributed by atoms with E-state index in [1.165, 1.54) is 0 Å². The third-order valence-corrected chi connectivity index (χ3v) is 4.23. The third-order valence-electron chi connectivity index (χ3n) is 4.23. The van der Waals surface area contributed by atoms with Gasteiger partial charge in [0.2, 0.25) is 0 Å². The molecule has 122 valence electrons. The van der Waals surface area contributed by atoms with E-state index in [4.69, 9.17) is 4.74 Å². The molecule has 1 amide bonds. The highest BCUT2D eigenvalue weighted by molar-refractivity contribution is 5.83. The van der Waals surface area contributed by atoms with Gasteiger partial charge in [-0.15, -0.1) is 0 Å². The summed E-state index contributed by atoms with van der Waals surface area (Å²) in [5.41, 5.74) is 0.958. The molecule has 1 saturated heterocycles.